The fraction of sp³-hybridized carbons (Fsp3) is 0.750. The Labute approximate surface area is 122 Å². The maximum atomic E-state index is 3.74. The second-order valence-electron chi connectivity index (χ2n) is 5.88. The largest absolute Gasteiger partial charge is 0.314 e. The minimum Gasteiger partial charge on any atom is -0.314 e. The topological polar surface area (TPSA) is 15.3 Å². The molecule has 1 aliphatic rings. The van der Waals surface area contributed by atoms with Gasteiger partial charge in [0.05, 0.1) is 0 Å². The van der Waals surface area contributed by atoms with Gasteiger partial charge in [-0.3, -0.25) is 4.90 Å². The lowest BCUT2D eigenvalue weighted by atomic mass is 10.0. The van der Waals surface area contributed by atoms with Crippen LogP contribution in [-0.4, -0.2) is 31.1 Å². The van der Waals surface area contributed by atoms with E-state index in [1.54, 1.807) is 0 Å². The molecule has 1 N–H and O–H groups in total. The molecule has 0 spiro atoms. The van der Waals surface area contributed by atoms with Crippen molar-refractivity contribution in [2.75, 3.05) is 20.1 Å². The normalized spacial score (nSPS) is 25.1. The number of thiophene rings is 1. The van der Waals surface area contributed by atoms with E-state index in [0.717, 1.165) is 12.0 Å². The van der Waals surface area contributed by atoms with Gasteiger partial charge in [-0.15, -0.1) is 11.3 Å². The van der Waals surface area contributed by atoms with Crippen LogP contribution in [-0.2, 0) is 0 Å². The summed E-state index contributed by atoms with van der Waals surface area (Å²) >= 11 is 1.87. The van der Waals surface area contributed by atoms with E-state index in [2.05, 4.69) is 48.6 Å². The summed E-state index contributed by atoms with van der Waals surface area (Å²) in [6.45, 7) is 6.98. The van der Waals surface area contributed by atoms with Gasteiger partial charge in [-0.1, -0.05) is 19.4 Å². The highest BCUT2D eigenvalue weighted by molar-refractivity contribution is 7.10. The number of nitrogens with one attached hydrogen (secondary N) is 1. The molecule has 0 bridgehead atoms. The Morgan fingerprint density at radius 2 is 2.32 bits per heavy atom. The molecule has 3 unspecified atom stereocenters. The highest BCUT2D eigenvalue weighted by Gasteiger charge is 2.28. The van der Waals surface area contributed by atoms with Gasteiger partial charge in [-0.25, -0.2) is 0 Å². The van der Waals surface area contributed by atoms with Crippen molar-refractivity contribution in [2.45, 2.75) is 51.6 Å². The molecule has 0 saturated heterocycles. The highest BCUT2D eigenvalue weighted by Crippen LogP contribution is 2.30. The maximum absolute atomic E-state index is 3.74. The van der Waals surface area contributed by atoms with Gasteiger partial charge in [0, 0.05) is 23.5 Å². The van der Waals surface area contributed by atoms with E-state index in [9.17, 15) is 0 Å². The quantitative estimate of drug-likeness (QED) is 0.814. The van der Waals surface area contributed by atoms with Crippen LogP contribution >= 0.6 is 11.3 Å². The molecule has 0 aromatic carbocycles. The van der Waals surface area contributed by atoms with Crippen molar-refractivity contribution < 1.29 is 0 Å². The summed E-state index contributed by atoms with van der Waals surface area (Å²) in [5, 5.41) is 5.92. The second kappa shape index (κ2) is 7.41. The third-order valence-electron chi connectivity index (χ3n) is 4.45. The molecule has 2 rings (SSSR count). The molecule has 2 nitrogen and oxygen atoms in total. The number of hydrogen-bond acceptors (Lipinski definition) is 3. The van der Waals surface area contributed by atoms with E-state index in [0.29, 0.717) is 6.04 Å². The van der Waals surface area contributed by atoms with Crippen LogP contribution in [0, 0.1) is 5.92 Å². The maximum Gasteiger partial charge on any atom is 0.0410 e. The van der Waals surface area contributed by atoms with E-state index in [1.165, 1.54) is 43.6 Å². The van der Waals surface area contributed by atoms with Gasteiger partial charge in [-0.2, -0.15) is 0 Å². The first-order chi connectivity index (χ1) is 9.22. The van der Waals surface area contributed by atoms with Crippen LogP contribution in [0.4, 0.5) is 0 Å². The monoisotopic (exact) mass is 280 g/mol. The molecular formula is C16H28N2S. The Bertz CT molecular complexity index is 350. The van der Waals surface area contributed by atoms with E-state index in [4.69, 9.17) is 0 Å². The minimum absolute atomic E-state index is 0.549. The molecule has 1 saturated carbocycles. The molecule has 108 valence electrons. The number of nitrogens with zero attached hydrogens (tertiary/aromatic N) is 1. The molecule has 0 amide bonds. The zero-order chi connectivity index (χ0) is 13.7. The van der Waals surface area contributed by atoms with Crippen molar-refractivity contribution in [2.24, 2.45) is 5.92 Å². The van der Waals surface area contributed by atoms with Crippen molar-refractivity contribution in [1.29, 1.82) is 0 Å². The summed E-state index contributed by atoms with van der Waals surface area (Å²) in [6.07, 6.45) is 5.40. The lowest BCUT2D eigenvalue weighted by Gasteiger charge is -2.30. The molecule has 1 aliphatic carbocycles. The number of hydrogen-bond donors (Lipinski definition) is 1. The highest BCUT2D eigenvalue weighted by atomic mass is 32.1. The average Bonchev–Trinajstić information content (AvgIpc) is 3.07. The molecule has 19 heavy (non-hydrogen) atoms. The van der Waals surface area contributed by atoms with Crippen molar-refractivity contribution in [3.05, 3.63) is 22.4 Å². The molecule has 1 heterocycles. The van der Waals surface area contributed by atoms with Gasteiger partial charge in [0.15, 0.2) is 0 Å². The molecule has 0 radical (unpaired) electrons. The SMILES string of the molecule is CCCNC1CCCC1CN(C)C(C)c1cccs1. The number of rotatable bonds is 7. The third-order valence-corrected chi connectivity index (χ3v) is 5.50. The molecule has 1 fully saturated rings. The predicted octanol–water partition coefficient (Wildman–Crippen LogP) is 3.91. The lowest BCUT2D eigenvalue weighted by molar-refractivity contribution is 0.206. The summed E-state index contributed by atoms with van der Waals surface area (Å²) in [6, 6.07) is 5.71. The first kappa shape index (κ1) is 15.0. The summed E-state index contributed by atoms with van der Waals surface area (Å²) in [5.41, 5.74) is 0. The Balaban J connectivity index is 1.85. The van der Waals surface area contributed by atoms with Gasteiger partial charge in [-0.05, 0) is 57.1 Å². The zero-order valence-electron chi connectivity index (χ0n) is 12.6. The van der Waals surface area contributed by atoms with Crippen LogP contribution in [0.15, 0.2) is 17.5 Å². The van der Waals surface area contributed by atoms with Crippen LogP contribution in [0.2, 0.25) is 0 Å². The fourth-order valence-corrected chi connectivity index (χ4v) is 3.98. The Morgan fingerprint density at radius 3 is 3.00 bits per heavy atom. The molecular weight excluding hydrogens is 252 g/mol. The van der Waals surface area contributed by atoms with Crippen LogP contribution < -0.4 is 5.32 Å². The van der Waals surface area contributed by atoms with Crippen molar-refractivity contribution in [1.82, 2.24) is 10.2 Å². The van der Waals surface area contributed by atoms with Gasteiger partial charge < -0.3 is 5.32 Å². The Kier molecular flexibility index (Phi) is 5.86. The molecule has 1 aromatic rings. The first-order valence-corrected chi connectivity index (χ1v) is 8.57. The molecule has 1 aromatic heterocycles. The first-order valence-electron chi connectivity index (χ1n) is 7.69. The summed E-state index contributed by atoms with van der Waals surface area (Å²) in [7, 11) is 2.28. The van der Waals surface area contributed by atoms with Crippen molar-refractivity contribution in [3.63, 3.8) is 0 Å². The van der Waals surface area contributed by atoms with E-state index >= 15 is 0 Å². The van der Waals surface area contributed by atoms with Crippen LogP contribution in [0.25, 0.3) is 0 Å². The summed E-state index contributed by atoms with van der Waals surface area (Å²) < 4.78 is 0. The molecule has 3 heteroatoms. The second-order valence-corrected chi connectivity index (χ2v) is 6.86. The van der Waals surface area contributed by atoms with E-state index < -0.39 is 0 Å². The predicted molar refractivity (Wildman–Crippen MR) is 84.8 cm³/mol. The summed E-state index contributed by atoms with van der Waals surface area (Å²) in [5.74, 6) is 0.832. The van der Waals surface area contributed by atoms with Crippen molar-refractivity contribution in [3.8, 4) is 0 Å². The van der Waals surface area contributed by atoms with Crippen LogP contribution in [0.3, 0.4) is 0 Å². The summed E-state index contributed by atoms with van der Waals surface area (Å²) in [4.78, 5) is 4.01. The standard InChI is InChI=1S/C16H28N2S/c1-4-10-17-15-8-5-7-14(15)12-18(3)13(2)16-9-6-11-19-16/h6,9,11,13-15,17H,4-5,7-8,10,12H2,1-3H3. The van der Waals surface area contributed by atoms with Gasteiger partial charge in [0.2, 0.25) is 0 Å². The lowest BCUT2D eigenvalue weighted by Crippen LogP contribution is -2.39. The van der Waals surface area contributed by atoms with Crippen LogP contribution in [0.5, 0.6) is 0 Å². The zero-order valence-corrected chi connectivity index (χ0v) is 13.4. The average molecular weight is 280 g/mol. The third kappa shape index (κ3) is 4.04. The smallest absolute Gasteiger partial charge is 0.0410 e. The molecule has 0 aliphatic heterocycles. The minimum atomic E-state index is 0.549. The van der Waals surface area contributed by atoms with Gasteiger partial charge >= 0.3 is 0 Å². The Morgan fingerprint density at radius 1 is 1.47 bits per heavy atom. The van der Waals surface area contributed by atoms with Gasteiger partial charge in [0.1, 0.15) is 0 Å². The fourth-order valence-electron chi connectivity index (χ4n) is 3.13. The van der Waals surface area contributed by atoms with Gasteiger partial charge in [0.25, 0.3) is 0 Å². The van der Waals surface area contributed by atoms with Crippen LogP contribution in [0.1, 0.15) is 50.4 Å². The Hall–Kier alpha value is -0.380. The van der Waals surface area contributed by atoms with E-state index in [1.807, 2.05) is 11.3 Å². The molecule has 3 atom stereocenters. The van der Waals surface area contributed by atoms with Crippen molar-refractivity contribution >= 4 is 11.3 Å². The van der Waals surface area contributed by atoms with E-state index in [-0.39, 0.29) is 0 Å².